The van der Waals surface area contributed by atoms with Gasteiger partial charge in [-0.2, -0.15) is 0 Å². The SMILES string of the molecule is C#CCN(CCC)Cc1cc(CN)no1. The van der Waals surface area contributed by atoms with Gasteiger partial charge < -0.3 is 10.3 Å². The highest BCUT2D eigenvalue weighted by Crippen LogP contribution is 2.07. The monoisotopic (exact) mass is 207 g/mol. The van der Waals surface area contributed by atoms with Crippen LogP contribution in [-0.4, -0.2) is 23.1 Å². The van der Waals surface area contributed by atoms with Gasteiger partial charge in [0.05, 0.1) is 18.8 Å². The highest BCUT2D eigenvalue weighted by molar-refractivity contribution is 5.05. The number of nitrogens with zero attached hydrogens (tertiary/aromatic N) is 2. The molecular formula is C11H17N3O. The van der Waals surface area contributed by atoms with Crippen LogP contribution >= 0.6 is 0 Å². The van der Waals surface area contributed by atoms with Crippen molar-refractivity contribution in [1.82, 2.24) is 10.1 Å². The Bertz CT molecular complexity index is 327. The molecule has 2 N–H and O–H groups in total. The summed E-state index contributed by atoms with van der Waals surface area (Å²) >= 11 is 0. The quantitative estimate of drug-likeness (QED) is 0.706. The second kappa shape index (κ2) is 6.23. The largest absolute Gasteiger partial charge is 0.360 e. The first-order chi connectivity index (χ1) is 7.30. The summed E-state index contributed by atoms with van der Waals surface area (Å²) in [7, 11) is 0. The summed E-state index contributed by atoms with van der Waals surface area (Å²) in [5, 5.41) is 3.83. The van der Waals surface area contributed by atoms with E-state index >= 15 is 0 Å². The van der Waals surface area contributed by atoms with E-state index in [1.165, 1.54) is 0 Å². The third kappa shape index (κ3) is 3.74. The average Bonchev–Trinajstić information content (AvgIpc) is 2.66. The number of nitrogens with two attached hydrogens (primary N) is 1. The normalized spacial score (nSPS) is 10.5. The number of hydrogen-bond donors (Lipinski definition) is 1. The van der Waals surface area contributed by atoms with Gasteiger partial charge in [-0.3, -0.25) is 4.90 Å². The fraction of sp³-hybridized carbons (Fsp3) is 0.545. The molecule has 0 saturated carbocycles. The summed E-state index contributed by atoms with van der Waals surface area (Å²) in [6, 6.07) is 1.87. The van der Waals surface area contributed by atoms with Crippen LogP contribution in [0.1, 0.15) is 24.8 Å². The smallest absolute Gasteiger partial charge is 0.151 e. The van der Waals surface area contributed by atoms with Crippen molar-refractivity contribution in [2.24, 2.45) is 5.73 Å². The number of hydrogen-bond acceptors (Lipinski definition) is 4. The predicted molar refractivity (Wildman–Crippen MR) is 58.8 cm³/mol. The van der Waals surface area contributed by atoms with Crippen molar-refractivity contribution in [2.75, 3.05) is 13.1 Å². The minimum absolute atomic E-state index is 0.409. The van der Waals surface area contributed by atoms with Gasteiger partial charge in [-0.1, -0.05) is 18.0 Å². The molecule has 15 heavy (non-hydrogen) atoms. The number of terminal acetylenes is 1. The van der Waals surface area contributed by atoms with Gasteiger partial charge in [-0.25, -0.2) is 0 Å². The third-order valence-corrected chi connectivity index (χ3v) is 2.05. The standard InChI is InChI=1S/C11H17N3O/c1-3-5-14(6-4-2)9-11-7-10(8-12)13-15-11/h1,7H,4-6,8-9,12H2,2H3. The second-order valence-electron chi connectivity index (χ2n) is 3.40. The van der Waals surface area contributed by atoms with Crippen molar-refractivity contribution in [1.29, 1.82) is 0 Å². The molecule has 0 radical (unpaired) electrons. The van der Waals surface area contributed by atoms with E-state index in [4.69, 9.17) is 16.7 Å². The van der Waals surface area contributed by atoms with Gasteiger partial charge in [0.25, 0.3) is 0 Å². The van der Waals surface area contributed by atoms with Gasteiger partial charge in [0.2, 0.25) is 0 Å². The zero-order valence-electron chi connectivity index (χ0n) is 9.07. The maximum atomic E-state index is 5.44. The molecule has 82 valence electrons. The lowest BCUT2D eigenvalue weighted by Crippen LogP contribution is -2.24. The zero-order valence-corrected chi connectivity index (χ0v) is 9.07. The van der Waals surface area contributed by atoms with Crippen LogP contribution in [0.3, 0.4) is 0 Å². The molecule has 1 aromatic heterocycles. The summed E-state index contributed by atoms with van der Waals surface area (Å²) in [4.78, 5) is 2.14. The van der Waals surface area contributed by atoms with E-state index in [-0.39, 0.29) is 0 Å². The molecule has 1 rings (SSSR count). The molecule has 0 aliphatic heterocycles. The summed E-state index contributed by atoms with van der Waals surface area (Å²) in [5.74, 6) is 3.45. The topological polar surface area (TPSA) is 55.3 Å². The Morgan fingerprint density at radius 3 is 3.00 bits per heavy atom. The van der Waals surface area contributed by atoms with E-state index in [0.29, 0.717) is 19.6 Å². The molecule has 0 unspecified atom stereocenters. The van der Waals surface area contributed by atoms with Gasteiger partial charge in [0.15, 0.2) is 5.76 Å². The molecule has 0 aromatic carbocycles. The maximum absolute atomic E-state index is 5.44. The highest BCUT2D eigenvalue weighted by Gasteiger charge is 2.08. The molecule has 1 heterocycles. The van der Waals surface area contributed by atoms with Crippen molar-refractivity contribution in [3.05, 3.63) is 17.5 Å². The summed E-state index contributed by atoms with van der Waals surface area (Å²) in [5.41, 5.74) is 6.22. The lowest BCUT2D eigenvalue weighted by atomic mass is 10.3. The first-order valence-electron chi connectivity index (χ1n) is 5.10. The van der Waals surface area contributed by atoms with Gasteiger partial charge in [0.1, 0.15) is 0 Å². The molecule has 0 bridgehead atoms. The predicted octanol–water partition coefficient (Wildman–Crippen LogP) is 0.978. The van der Waals surface area contributed by atoms with Crippen molar-refractivity contribution in [2.45, 2.75) is 26.4 Å². The zero-order chi connectivity index (χ0) is 11.1. The first kappa shape index (κ1) is 11.8. The van der Waals surface area contributed by atoms with Crippen LogP contribution in [0.2, 0.25) is 0 Å². The molecule has 0 amide bonds. The molecule has 0 atom stereocenters. The Morgan fingerprint density at radius 1 is 1.67 bits per heavy atom. The summed E-state index contributed by atoms with van der Waals surface area (Å²) in [6.07, 6.45) is 6.36. The summed E-state index contributed by atoms with van der Waals surface area (Å²) in [6.45, 7) is 4.82. The van der Waals surface area contributed by atoms with Crippen LogP contribution in [0.5, 0.6) is 0 Å². The molecule has 4 heteroatoms. The van der Waals surface area contributed by atoms with Crippen LogP contribution in [0.4, 0.5) is 0 Å². The van der Waals surface area contributed by atoms with Crippen LogP contribution in [0, 0.1) is 12.3 Å². The van der Waals surface area contributed by atoms with Crippen molar-refractivity contribution >= 4 is 0 Å². The van der Waals surface area contributed by atoms with Crippen LogP contribution < -0.4 is 5.73 Å². The average molecular weight is 207 g/mol. The van der Waals surface area contributed by atoms with Crippen molar-refractivity contribution in [3.63, 3.8) is 0 Å². The molecule has 0 aliphatic rings. The fourth-order valence-electron chi connectivity index (χ4n) is 1.41. The lowest BCUT2D eigenvalue weighted by Gasteiger charge is -2.16. The van der Waals surface area contributed by atoms with Gasteiger partial charge in [0, 0.05) is 12.6 Å². The molecule has 0 fully saturated rings. The van der Waals surface area contributed by atoms with E-state index < -0.39 is 0 Å². The second-order valence-corrected chi connectivity index (χ2v) is 3.40. The Kier molecular flexibility index (Phi) is 4.88. The fourth-order valence-corrected chi connectivity index (χ4v) is 1.41. The highest BCUT2D eigenvalue weighted by atomic mass is 16.5. The van der Waals surface area contributed by atoms with Gasteiger partial charge in [-0.05, 0) is 13.0 Å². The molecule has 0 aliphatic carbocycles. The third-order valence-electron chi connectivity index (χ3n) is 2.05. The Balaban J connectivity index is 2.53. The minimum atomic E-state index is 0.409. The van der Waals surface area contributed by atoms with Gasteiger partial charge >= 0.3 is 0 Å². The van der Waals surface area contributed by atoms with E-state index in [1.54, 1.807) is 0 Å². The number of aromatic nitrogens is 1. The van der Waals surface area contributed by atoms with Gasteiger partial charge in [-0.15, -0.1) is 6.42 Å². The molecule has 1 aromatic rings. The van der Waals surface area contributed by atoms with E-state index in [0.717, 1.165) is 24.4 Å². The molecular weight excluding hydrogens is 190 g/mol. The van der Waals surface area contributed by atoms with Crippen molar-refractivity contribution in [3.8, 4) is 12.3 Å². The summed E-state index contributed by atoms with van der Waals surface area (Å²) < 4.78 is 5.14. The first-order valence-corrected chi connectivity index (χ1v) is 5.10. The Hall–Kier alpha value is -1.31. The molecule has 4 nitrogen and oxygen atoms in total. The van der Waals surface area contributed by atoms with E-state index in [2.05, 4.69) is 22.9 Å². The van der Waals surface area contributed by atoms with Crippen LogP contribution in [0.25, 0.3) is 0 Å². The Morgan fingerprint density at radius 2 is 2.47 bits per heavy atom. The molecule has 0 spiro atoms. The Labute approximate surface area is 90.4 Å². The maximum Gasteiger partial charge on any atom is 0.151 e. The van der Waals surface area contributed by atoms with E-state index in [1.807, 2.05) is 6.07 Å². The van der Waals surface area contributed by atoms with Crippen LogP contribution in [0.15, 0.2) is 10.6 Å². The number of rotatable bonds is 6. The lowest BCUT2D eigenvalue weighted by molar-refractivity contribution is 0.254. The molecule has 0 saturated heterocycles. The van der Waals surface area contributed by atoms with Crippen molar-refractivity contribution < 1.29 is 4.52 Å². The van der Waals surface area contributed by atoms with E-state index in [9.17, 15) is 0 Å². The van der Waals surface area contributed by atoms with Crippen LogP contribution in [-0.2, 0) is 13.1 Å². The minimum Gasteiger partial charge on any atom is -0.360 e.